The minimum absolute atomic E-state index is 0.0315. The molecule has 21 heavy (non-hydrogen) atoms. The number of allylic oxidation sites excluding steroid dienone is 1. The van der Waals surface area contributed by atoms with Gasteiger partial charge < -0.3 is 4.74 Å². The second-order valence-electron chi connectivity index (χ2n) is 4.60. The van der Waals surface area contributed by atoms with Gasteiger partial charge in [0.05, 0.1) is 17.3 Å². The Balaban J connectivity index is 2.48. The van der Waals surface area contributed by atoms with Gasteiger partial charge in [-0.15, -0.1) is 23.2 Å². The number of ketones is 1. The summed E-state index contributed by atoms with van der Waals surface area (Å²) in [4.78, 5) is 35.4. The molecule has 1 saturated heterocycles. The van der Waals surface area contributed by atoms with E-state index in [1.54, 1.807) is 0 Å². The summed E-state index contributed by atoms with van der Waals surface area (Å²) in [5.41, 5.74) is -0.100. The Morgan fingerprint density at radius 3 is 2.57 bits per heavy atom. The molecule has 2 aliphatic rings. The quantitative estimate of drug-likeness (QED) is 0.394. The zero-order valence-electron chi connectivity index (χ0n) is 10.8. The predicted octanol–water partition coefficient (Wildman–Crippen LogP) is -0.184. The minimum atomic E-state index is -3.75. The number of Topliss-reactive ketones (excluding diaryl/α,β-unsaturated/α-hetero) is 1. The van der Waals surface area contributed by atoms with Crippen LogP contribution in [-0.2, 0) is 29.0 Å². The number of sulfone groups is 1. The van der Waals surface area contributed by atoms with Crippen LogP contribution in [-0.4, -0.2) is 60.0 Å². The number of alkyl halides is 2. The summed E-state index contributed by atoms with van der Waals surface area (Å²) >= 11 is 11.2. The molecule has 0 bridgehead atoms. The first-order chi connectivity index (χ1) is 9.70. The smallest absolute Gasteiger partial charge is 0.302 e. The lowest BCUT2D eigenvalue weighted by Gasteiger charge is -2.47. The molecule has 0 aromatic heterocycles. The zero-order chi connectivity index (χ0) is 15.9. The molecule has 0 aromatic rings. The first-order valence-electron chi connectivity index (χ1n) is 5.84. The van der Waals surface area contributed by atoms with E-state index in [0.717, 1.165) is 11.8 Å². The number of amides is 1. The standard InChI is InChI=1S/C11H11Cl2NO6S/c1-5(15)20-3-6-4-21(18,19)11-8(13)10(17)14(11)9(6)7(16)2-12/h8,11H,2-4H2,1H3/t8?,11-/m0/s1. The number of halogens is 2. The number of nitrogens with zero attached hydrogens (tertiary/aromatic N) is 1. The van der Waals surface area contributed by atoms with E-state index in [4.69, 9.17) is 27.9 Å². The van der Waals surface area contributed by atoms with Crippen LogP contribution < -0.4 is 0 Å². The van der Waals surface area contributed by atoms with Gasteiger partial charge in [-0.3, -0.25) is 19.3 Å². The molecule has 0 saturated carbocycles. The second kappa shape index (κ2) is 5.58. The highest BCUT2D eigenvalue weighted by atomic mass is 35.5. The topological polar surface area (TPSA) is 97.8 Å². The highest BCUT2D eigenvalue weighted by molar-refractivity contribution is 7.92. The van der Waals surface area contributed by atoms with Crippen LogP contribution in [0.5, 0.6) is 0 Å². The number of hydrogen-bond acceptors (Lipinski definition) is 6. The van der Waals surface area contributed by atoms with E-state index in [-0.39, 0.29) is 11.3 Å². The number of carbonyl (C=O) groups excluding carboxylic acids is 3. The maximum Gasteiger partial charge on any atom is 0.302 e. The number of esters is 1. The van der Waals surface area contributed by atoms with Gasteiger partial charge in [0.15, 0.2) is 21.0 Å². The Bertz CT molecular complexity index is 656. The first-order valence-corrected chi connectivity index (χ1v) is 8.52. The monoisotopic (exact) mass is 355 g/mol. The molecule has 10 heteroatoms. The van der Waals surface area contributed by atoms with Crippen molar-refractivity contribution >= 4 is 50.7 Å². The number of rotatable bonds is 4. The highest BCUT2D eigenvalue weighted by Crippen LogP contribution is 2.39. The van der Waals surface area contributed by atoms with Gasteiger partial charge >= 0.3 is 5.97 Å². The SMILES string of the molecule is CC(=O)OCC1=C(C(=O)CCl)N2C(=O)C(Cl)[C@@H]2S(=O)(=O)C1. The largest absolute Gasteiger partial charge is 0.461 e. The summed E-state index contributed by atoms with van der Waals surface area (Å²) in [6.07, 6.45) is 0. The highest BCUT2D eigenvalue weighted by Gasteiger charge is 2.59. The van der Waals surface area contributed by atoms with Crippen LogP contribution in [0.15, 0.2) is 11.3 Å². The molecule has 1 unspecified atom stereocenters. The van der Waals surface area contributed by atoms with Crippen LogP contribution in [0.3, 0.4) is 0 Å². The maximum atomic E-state index is 12.1. The van der Waals surface area contributed by atoms with Gasteiger partial charge in [0, 0.05) is 12.5 Å². The molecule has 1 fully saturated rings. The third-order valence-electron chi connectivity index (χ3n) is 3.13. The molecule has 0 radical (unpaired) electrons. The third kappa shape index (κ3) is 2.67. The number of fused-ring (bicyclic) bond motifs is 1. The van der Waals surface area contributed by atoms with Crippen LogP contribution in [0.25, 0.3) is 0 Å². The molecule has 0 N–H and O–H groups in total. The second-order valence-corrected chi connectivity index (χ2v) is 7.43. The molecule has 0 aromatic carbocycles. The fraction of sp³-hybridized carbons (Fsp3) is 0.545. The van der Waals surface area contributed by atoms with Crippen molar-refractivity contribution in [3.05, 3.63) is 11.3 Å². The van der Waals surface area contributed by atoms with Gasteiger partial charge in [-0.05, 0) is 0 Å². The van der Waals surface area contributed by atoms with Gasteiger partial charge in [0.1, 0.15) is 12.0 Å². The van der Waals surface area contributed by atoms with Crippen molar-refractivity contribution < 1.29 is 27.5 Å². The number of hydrogen-bond donors (Lipinski definition) is 0. The molecular weight excluding hydrogens is 345 g/mol. The molecule has 2 rings (SSSR count). The third-order valence-corrected chi connectivity index (χ3v) is 5.92. The Morgan fingerprint density at radius 1 is 1.43 bits per heavy atom. The fourth-order valence-electron chi connectivity index (χ4n) is 2.27. The summed E-state index contributed by atoms with van der Waals surface area (Å²) in [7, 11) is -3.75. The minimum Gasteiger partial charge on any atom is -0.461 e. The van der Waals surface area contributed by atoms with Crippen molar-refractivity contribution in [1.82, 2.24) is 4.90 Å². The zero-order valence-corrected chi connectivity index (χ0v) is 13.2. The van der Waals surface area contributed by atoms with Crippen molar-refractivity contribution in [3.63, 3.8) is 0 Å². The lowest BCUT2D eigenvalue weighted by molar-refractivity contribution is -0.141. The van der Waals surface area contributed by atoms with Crippen LogP contribution in [0.1, 0.15) is 6.92 Å². The van der Waals surface area contributed by atoms with E-state index in [0.29, 0.717) is 0 Å². The van der Waals surface area contributed by atoms with E-state index in [9.17, 15) is 22.8 Å². The molecule has 0 aliphatic carbocycles. The van der Waals surface area contributed by atoms with Gasteiger partial charge in [0.2, 0.25) is 5.91 Å². The van der Waals surface area contributed by atoms with E-state index < -0.39 is 56.5 Å². The summed E-state index contributed by atoms with van der Waals surface area (Å²) < 4.78 is 29.0. The molecule has 2 heterocycles. The molecule has 7 nitrogen and oxygen atoms in total. The van der Waals surface area contributed by atoms with E-state index in [1.165, 1.54) is 0 Å². The van der Waals surface area contributed by atoms with Gasteiger partial charge in [0.25, 0.3) is 0 Å². The lowest BCUT2D eigenvalue weighted by Crippen LogP contribution is -2.68. The van der Waals surface area contributed by atoms with Crippen molar-refractivity contribution in [2.75, 3.05) is 18.2 Å². The molecule has 2 atom stereocenters. The van der Waals surface area contributed by atoms with Crippen LogP contribution in [0.2, 0.25) is 0 Å². The molecule has 2 aliphatic heterocycles. The van der Waals surface area contributed by atoms with Crippen LogP contribution in [0.4, 0.5) is 0 Å². The average Bonchev–Trinajstić information content (AvgIpc) is 2.41. The van der Waals surface area contributed by atoms with Gasteiger partial charge in [-0.2, -0.15) is 0 Å². The van der Waals surface area contributed by atoms with Crippen molar-refractivity contribution in [2.24, 2.45) is 0 Å². The summed E-state index contributed by atoms with van der Waals surface area (Å²) in [5.74, 6) is -2.86. The Kier molecular flexibility index (Phi) is 4.32. The van der Waals surface area contributed by atoms with Crippen molar-refractivity contribution in [2.45, 2.75) is 17.7 Å². The molecular formula is C11H11Cl2NO6S. The Labute approximate surface area is 130 Å². The predicted molar refractivity (Wildman–Crippen MR) is 73.4 cm³/mol. The number of carbonyl (C=O) groups is 3. The maximum absolute atomic E-state index is 12.1. The summed E-state index contributed by atoms with van der Waals surface area (Å²) in [6, 6.07) is 0. The van der Waals surface area contributed by atoms with Gasteiger partial charge in [-0.25, -0.2) is 8.42 Å². The summed E-state index contributed by atoms with van der Waals surface area (Å²) in [5, 5.41) is -2.49. The van der Waals surface area contributed by atoms with Gasteiger partial charge in [-0.1, -0.05) is 0 Å². The average molecular weight is 356 g/mol. The number of ether oxygens (including phenoxy) is 1. The van der Waals surface area contributed by atoms with E-state index in [1.807, 2.05) is 0 Å². The van der Waals surface area contributed by atoms with Crippen LogP contribution in [0, 0.1) is 0 Å². The molecule has 0 spiro atoms. The lowest BCUT2D eigenvalue weighted by atomic mass is 10.1. The van der Waals surface area contributed by atoms with Crippen molar-refractivity contribution in [3.8, 4) is 0 Å². The Morgan fingerprint density at radius 2 is 2.05 bits per heavy atom. The molecule has 1 amide bonds. The summed E-state index contributed by atoms with van der Waals surface area (Å²) in [6.45, 7) is 0.753. The number of β-lactam (4-membered cyclic amide) rings is 1. The van der Waals surface area contributed by atoms with E-state index >= 15 is 0 Å². The Hall–Kier alpha value is -1.12. The first kappa shape index (κ1) is 16.3. The van der Waals surface area contributed by atoms with Crippen LogP contribution >= 0.6 is 23.2 Å². The fourth-order valence-corrected chi connectivity index (χ4v) is 4.97. The van der Waals surface area contributed by atoms with E-state index in [2.05, 4.69) is 0 Å². The normalized spacial score (nSPS) is 27.0. The van der Waals surface area contributed by atoms with Crippen molar-refractivity contribution in [1.29, 1.82) is 0 Å². The molecule has 116 valence electrons.